The van der Waals surface area contributed by atoms with Crippen LogP contribution in [0.2, 0.25) is 0 Å². The van der Waals surface area contributed by atoms with Crippen LogP contribution in [-0.4, -0.2) is 19.7 Å². The molecule has 0 heterocycles. The van der Waals surface area contributed by atoms with E-state index in [0.717, 1.165) is 0 Å². The van der Waals surface area contributed by atoms with Gasteiger partial charge in [-0.1, -0.05) is 0 Å². The molecule has 3 N–H and O–H groups in total. The van der Waals surface area contributed by atoms with E-state index in [1.807, 2.05) is 0 Å². The van der Waals surface area contributed by atoms with E-state index >= 15 is 0 Å². The van der Waals surface area contributed by atoms with Gasteiger partial charge in [-0.2, -0.15) is 0 Å². The highest BCUT2D eigenvalue weighted by Crippen LogP contribution is 1.55. The Hall–Kier alpha value is -0.995. The van der Waals surface area contributed by atoms with Crippen molar-refractivity contribution in [2.24, 2.45) is 5.73 Å². The fourth-order valence-corrected chi connectivity index (χ4v) is 0.121. The Morgan fingerprint density at radius 3 is 2.00 bits per heavy atom. The van der Waals surface area contributed by atoms with Crippen molar-refractivity contribution in [3.8, 4) is 0 Å². The lowest BCUT2D eigenvalue weighted by Crippen LogP contribution is -2.33. The molecule has 0 aliphatic rings. The molecule has 5 heteroatoms. The molecule has 36 valence electrons. The Morgan fingerprint density at radius 1 is 1.57 bits per heavy atom. The van der Waals surface area contributed by atoms with Crippen molar-refractivity contribution in [2.75, 3.05) is 0 Å². The smallest absolute Gasteiger partial charge is 0.318 e. The second kappa shape index (κ2) is 2.23. The van der Waals surface area contributed by atoms with Crippen molar-refractivity contribution in [3.05, 3.63) is 0 Å². The number of rotatable bonds is 0. The van der Waals surface area contributed by atoms with E-state index < -0.39 is 11.8 Å². The van der Waals surface area contributed by atoms with Crippen LogP contribution in [0, 0.1) is 0 Å². The standard InChI is InChI=1S/C2H3BN2O2/c3-1(6)5-2(4)7/h(H3,4,5,6,7). The maximum atomic E-state index is 9.62. The zero-order valence-corrected chi connectivity index (χ0v) is 3.47. The zero-order valence-electron chi connectivity index (χ0n) is 3.47. The van der Waals surface area contributed by atoms with Gasteiger partial charge < -0.3 is 5.73 Å². The Bertz CT molecular complexity index is 89.9. The summed E-state index contributed by atoms with van der Waals surface area (Å²) in [5, 5.41) is 1.58. The summed E-state index contributed by atoms with van der Waals surface area (Å²) in [6.45, 7) is 0. The van der Waals surface area contributed by atoms with E-state index in [0.29, 0.717) is 0 Å². The predicted octanol–water partition coefficient (Wildman–Crippen LogP) is -1.06. The Kier molecular flexibility index (Phi) is 1.91. The molecule has 0 unspecified atom stereocenters. The molecule has 0 saturated heterocycles. The molecule has 0 aromatic heterocycles. The molecule has 3 amide bonds. The van der Waals surface area contributed by atoms with Crippen molar-refractivity contribution in [1.29, 1.82) is 0 Å². The number of urea groups is 1. The maximum absolute atomic E-state index is 9.62. The average Bonchev–Trinajstić information content (AvgIpc) is 1.27. The van der Waals surface area contributed by atoms with E-state index in [1.165, 1.54) is 0 Å². The summed E-state index contributed by atoms with van der Waals surface area (Å²) >= 11 is 0. The van der Waals surface area contributed by atoms with Crippen LogP contribution in [0.15, 0.2) is 0 Å². The molecular formula is C2H3BN2O2. The van der Waals surface area contributed by atoms with Gasteiger partial charge in [0.15, 0.2) is 5.81 Å². The van der Waals surface area contributed by atoms with Gasteiger partial charge in [-0.25, -0.2) is 4.79 Å². The van der Waals surface area contributed by atoms with Crippen molar-refractivity contribution in [1.82, 2.24) is 5.32 Å². The van der Waals surface area contributed by atoms with Gasteiger partial charge in [-0.3, -0.25) is 10.1 Å². The number of hydrogen-bond donors (Lipinski definition) is 2. The van der Waals surface area contributed by atoms with Crippen LogP contribution in [0.4, 0.5) is 9.59 Å². The van der Waals surface area contributed by atoms with Gasteiger partial charge in [0, 0.05) is 0 Å². The number of nitrogens with two attached hydrogens (primary N) is 1. The first-order chi connectivity index (χ1) is 3.13. The summed E-state index contributed by atoms with van der Waals surface area (Å²) in [6.07, 6.45) is 0. The molecule has 7 heavy (non-hydrogen) atoms. The molecule has 0 atom stereocenters. The predicted molar refractivity (Wildman–Crippen MR) is 23.9 cm³/mol. The van der Waals surface area contributed by atoms with Gasteiger partial charge in [-0.15, -0.1) is 0 Å². The molecule has 0 saturated carbocycles. The largest absolute Gasteiger partial charge is 0.351 e. The topological polar surface area (TPSA) is 72.2 Å². The lowest BCUT2D eigenvalue weighted by molar-refractivity contribution is 0.242. The normalized spacial score (nSPS) is 7.43. The fraction of sp³-hybridized carbons (Fsp3) is 0. The lowest BCUT2D eigenvalue weighted by atomic mass is 10.1. The minimum atomic E-state index is -0.938. The Balaban J connectivity index is 3.32. The number of carbonyl (C=O) groups is 2. The lowest BCUT2D eigenvalue weighted by Gasteiger charge is -1.88. The van der Waals surface area contributed by atoms with E-state index in [2.05, 4.69) is 13.6 Å². The van der Waals surface area contributed by atoms with E-state index in [9.17, 15) is 9.59 Å². The molecule has 0 aliphatic carbocycles. The molecule has 4 nitrogen and oxygen atoms in total. The highest BCUT2D eigenvalue weighted by molar-refractivity contribution is 6.58. The first kappa shape index (κ1) is 6.00. The van der Waals surface area contributed by atoms with Crippen molar-refractivity contribution < 1.29 is 9.59 Å². The van der Waals surface area contributed by atoms with Gasteiger partial charge in [0.2, 0.25) is 7.85 Å². The summed E-state index contributed by atoms with van der Waals surface area (Å²) < 4.78 is 0. The maximum Gasteiger partial charge on any atom is 0.318 e. The third kappa shape index (κ3) is 5.00. The highest BCUT2D eigenvalue weighted by atomic mass is 16.2. The molecular weight excluding hydrogens is 94.8 g/mol. The number of carbonyl (C=O) groups excluding carboxylic acids is 2. The molecule has 0 spiro atoms. The van der Waals surface area contributed by atoms with Crippen LogP contribution in [0.3, 0.4) is 0 Å². The van der Waals surface area contributed by atoms with Crippen LogP contribution in [-0.2, 0) is 0 Å². The van der Waals surface area contributed by atoms with E-state index in [-0.39, 0.29) is 0 Å². The van der Waals surface area contributed by atoms with Crippen molar-refractivity contribution in [3.63, 3.8) is 0 Å². The zero-order chi connectivity index (χ0) is 5.86. The molecule has 0 aromatic rings. The molecule has 0 bridgehead atoms. The van der Waals surface area contributed by atoms with Crippen molar-refractivity contribution in [2.45, 2.75) is 0 Å². The van der Waals surface area contributed by atoms with Gasteiger partial charge in [0.1, 0.15) is 0 Å². The van der Waals surface area contributed by atoms with Crippen LogP contribution in [0.5, 0.6) is 0 Å². The summed E-state index contributed by atoms with van der Waals surface area (Å²) in [5.74, 6) is -0.938. The molecule has 0 rings (SSSR count). The first-order valence-electron chi connectivity index (χ1n) is 1.49. The highest BCUT2D eigenvalue weighted by Gasteiger charge is 1.90. The SMILES string of the molecule is [B]C(=O)NC(N)=O. The summed E-state index contributed by atoms with van der Waals surface area (Å²) in [7, 11) is 4.44. The summed E-state index contributed by atoms with van der Waals surface area (Å²) in [4.78, 5) is 19.2. The first-order valence-corrected chi connectivity index (χ1v) is 1.49. The van der Waals surface area contributed by atoms with Gasteiger partial charge in [0.25, 0.3) is 0 Å². The number of amides is 3. The minimum absolute atomic E-state index is 0.937. The number of hydrogen-bond acceptors (Lipinski definition) is 2. The molecule has 0 fully saturated rings. The van der Waals surface area contributed by atoms with E-state index in [4.69, 9.17) is 0 Å². The third-order valence-electron chi connectivity index (χ3n) is 0.246. The van der Waals surface area contributed by atoms with Crippen LogP contribution in [0.25, 0.3) is 0 Å². The number of primary amides is 1. The Morgan fingerprint density at radius 2 is 2.00 bits per heavy atom. The van der Waals surface area contributed by atoms with Crippen LogP contribution >= 0.6 is 0 Å². The molecule has 0 aliphatic heterocycles. The van der Waals surface area contributed by atoms with Gasteiger partial charge in [0.05, 0.1) is 0 Å². The second-order valence-electron chi connectivity index (χ2n) is 0.854. The van der Waals surface area contributed by atoms with Gasteiger partial charge >= 0.3 is 6.03 Å². The summed E-state index contributed by atoms with van der Waals surface area (Å²) in [5.41, 5.74) is 4.44. The average molecular weight is 97.9 g/mol. The van der Waals surface area contributed by atoms with Gasteiger partial charge in [-0.05, 0) is 0 Å². The van der Waals surface area contributed by atoms with E-state index in [1.54, 1.807) is 5.32 Å². The Labute approximate surface area is 41.5 Å². The van der Waals surface area contributed by atoms with Crippen molar-refractivity contribution >= 4 is 19.7 Å². The summed E-state index contributed by atoms with van der Waals surface area (Å²) in [6, 6.07) is -0.937. The van der Waals surface area contributed by atoms with Crippen LogP contribution < -0.4 is 11.1 Å². The second-order valence-corrected chi connectivity index (χ2v) is 0.854. The van der Waals surface area contributed by atoms with Crippen LogP contribution in [0.1, 0.15) is 0 Å². The quantitative estimate of drug-likeness (QED) is 0.379. The molecule has 0 aromatic carbocycles. The third-order valence-corrected chi connectivity index (χ3v) is 0.246. The fourth-order valence-electron chi connectivity index (χ4n) is 0.121. The number of nitrogens with one attached hydrogen (secondary N) is 1. The number of imide groups is 1. The molecule has 2 radical (unpaired) electrons. The minimum Gasteiger partial charge on any atom is -0.351 e. The monoisotopic (exact) mass is 98.0 g/mol.